The average Bonchev–Trinajstić information content (AvgIpc) is 2.41. The molecule has 0 aliphatic heterocycles. The van der Waals surface area contributed by atoms with E-state index in [2.05, 4.69) is 34.6 Å². The van der Waals surface area contributed by atoms with Crippen molar-refractivity contribution in [3.63, 3.8) is 0 Å². The summed E-state index contributed by atoms with van der Waals surface area (Å²) in [5, 5.41) is 0. The highest BCUT2D eigenvalue weighted by molar-refractivity contribution is 5.03. The summed E-state index contributed by atoms with van der Waals surface area (Å²) in [7, 11) is 0. The minimum atomic E-state index is 0.689. The quantitative estimate of drug-likeness (QED) is 0.592. The predicted octanol–water partition coefficient (Wildman–Crippen LogP) is 4.10. The second-order valence-electron chi connectivity index (χ2n) is 5.18. The van der Waals surface area contributed by atoms with Crippen LogP contribution in [0, 0.1) is 23.2 Å². The van der Waals surface area contributed by atoms with Crippen molar-refractivity contribution in [2.24, 2.45) is 23.2 Å². The Bertz CT molecular complexity index is 140. The lowest BCUT2D eigenvalue weighted by molar-refractivity contribution is 0.343. The fraction of sp³-hybridized carbons (Fsp3) is 1.00. The van der Waals surface area contributed by atoms with Gasteiger partial charge in [0, 0.05) is 0 Å². The maximum absolute atomic E-state index is 2.47. The van der Waals surface area contributed by atoms with E-state index in [1.165, 1.54) is 19.3 Å². The third-order valence-electron chi connectivity index (χ3n) is 4.29. The Morgan fingerprint density at radius 2 is 1.75 bits per heavy atom. The van der Waals surface area contributed by atoms with E-state index in [0.29, 0.717) is 5.41 Å². The molecule has 0 aromatic heterocycles. The Balaban J connectivity index is 2.32. The van der Waals surface area contributed by atoms with E-state index in [9.17, 15) is 0 Å². The van der Waals surface area contributed by atoms with E-state index in [1.54, 1.807) is 0 Å². The molecule has 3 unspecified atom stereocenters. The van der Waals surface area contributed by atoms with Gasteiger partial charge in [0.25, 0.3) is 0 Å². The van der Waals surface area contributed by atoms with Gasteiger partial charge in [0.05, 0.1) is 0 Å². The smallest absolute Gasteiger partial charge is 0.0266 e. The van der Waals surface area contributed by atoms with Gasteiger partial charge in [-0.2, -0.15) is 0 Å². The summed E-state index contributed by atoms with van der Waals surface area (Å²) < 4.78 is 0. The molecule has 0 radical (unpaired) electrons. The molecule has 12 heavy (non-hydrogen) atoms. The van der Waals surface area contributed by atoms with Crippen LogP contribution in [0.25, 0.3) is 0 Å². The van der Waals surface area contributed by atoms with Gasteiger partial charge in [-0.25, -0.2) is 0 Å². The zero-order chi connectivity index (χ0) is 9.35. The highest BCUT2D eigenvalue weighted by Gasteiger charge is 2.54. The van der Waals surface area contributed by atoms with Crippen molar-refractivity contribution in [1.82, 2.24) is 0 Å². The summed E-state index contributed by atoms with van der Waals surface area (Å²) in [4.78, 5) is 0. The Morgan fingerprint density at radius 1 is 1.25 bits per heavy atom. The summed E-state index contributed by atoms with van der Waals surface area (Å²) in [6, 6.07) is 0. The third-order valence-corrected chi connectivity index (χ3v) is 4.29. The van der Waals surface area contributed by atoms with Gasteiger partial charge < -0.3 is 0 Å². The first-order valence-electron chi connectivity index (χ1n) is 5.52. The summed E-state index contributed by atoms with van der Waals surface area (Å²) in [6.45, 7) is 12.0. The lowest BCUT2D eigenvalue weighted by Crippen LogP contribution is -2.06. The highest BCUT2D eigenvalue weighted by atomic mass is 14.6. The Kier molecular flexibility index (Phi) is 2.85. The van der Waals surface area contributed by atoms with E-state index in [1.807, 2.05) is 0 Å². The first-order valence-corrected chi connectivity index (χ1v) is 5.52. The molecule has 0 N–H and O–H groups in total. The largest absolute Gasteiger partial charge is 0.0654 e. The van der Waals surface area contributed by atoms with Gasteiger partial charge in [0.1, 0.15) is 0 Å². The molecule has 0 aromatic carbocycles. The van der Waals surface area contributed by atoms with Crippen molar-refractivity contribution in [2.45, 2.75) is 53.9 Å². The molecule has 72 valence electrons. The van der Waals surface area contributed by atoms with Gasteiger partial charge >= 0.3 is 0 Å². The van der Waals surface area contributed by atoms with Gasteiger partial charge in [-0.3, -0.25) is 0 Å². The SMILES string of the molecule is CCCC(C)CC1(C)C(C)C1C. The minimum Gasteiger partial charge on any atom is -0.0654 e. The molecule has 3 atom stereocenters. The second-order valence-corrected chi connectivity index (χ2v) is 5.18. The van der Waals surface area contributed by atoms with Gasteiger partial charge in [0.2, 0.25) is 0 Å². The Hall–Kier alpha value is 0. The molecule has 0 spiro atoms. The van der Waals surface area contributed by atoms with E-state index >= 15 is 0 Å². The molecule has 0 amide bonds. The standard InChI is InChI=1S/C12H24/c1-6-7-9(2)8-12(5)10(3)11(12)4/h9-11H,6-8H2,1-5H3. The monoisotopic (exact) mass is 168 g/mol. The molecule has 0 heterocycles. The number of rotatable bonds is 4. The zero-order valence-electron chi connectivity index (χ0n) is 9.35. The second kappa shape index (κ2) is 3.40. The van der Waals surface area contributed by atoms with Gasteiger partial charge in [-0.15, -0.1) is 0 Å². The van der Waals surface area contributed by atoms with E-state index < -0.39 is 0 Å². The molecular formula is C12H24. The number of hydrogen-bond donors (Lipinski definition) is 0. The maximum Gasteiger partial charge on any atom is -0.0266 e. The Labute approximate surface area is 77.7 Å². The van der Waals surface area contributed by atoms with Crippen LogP contribution in [0.3, 0.4) is 0 Å². The van der Waals surface area contributed by atoms with Crippen LogP contribution in [-0.2, 0) is 0 Å². The zero-order valence-corrected chi connectivity index (χ0v) is 9.35. The van der Waals surface area contributed by atoms with Crippen LogP contribution in [0.2, 0.25) is 0 Å². The molecule has 1 aliphatic carbocycles. The molecule has 1 rings (SSSR count). The lowest BCUT2D eigenvalue weighted by Gasteiger charge is -2.16. The summed E-state index contributed by atoms with van der Waals surface area (Å²) in [6.07, 6.45) is 4.21. The number of hydrogen-bond acceptors (Lipinski definition) is 0. The highest BCUT2D eigenvalue weighted by Crippen LogP contribution is 2.61. The topological polar surface area (TPSA) is 0 Å². The molecule has 0 saturated heterocycles. The molecule has 1 aliphatic rings. The van der Waals surface area contributed by atoms with Gasteiger partial charge in [0.15, 0.2) is 0 Å². The van der Waals surface area contributed by atoms with Crippen LogP contribution in [0.4, 0.5) is 0 Å². The maximum atomic E-state index is 2.47. The van der Waals surface area contributed by atoms with Crippen molar-refractivity contribution in [2.75, 3.05) is 0 Å². The van der Waals surface area contributed by atoms with Crippen LogP contribution in [-0.4, -0.2) is 0 Å². The molecule has 0 heteroatoms. The summed E-state index contributed by atoms with van der Waals surface area (Å²) in [5.74, 6) is 2.88. The minimum absolute atomic E-state index is 0.689. The van der Waals surface area contributed by atoms with Crippen molar-refractivity contribution in [3.8, 4) is 0 Å². The first-order chi connectivity index (χ1) is 5.52. The third kappa shape index (κ3) is 1.67. The summed E-state index contributed by atoms with van der Waals surface area (Å²) >= 11 is 0. The van der Waals surface area contributed by atoms with Crippen molar-refractivity contribution in [3.05, 3.63) is 0 Å². The van der Waals surface area contributed by atoms with Gasteiger partial charge in [-0.1, -0.05) is 47.5 Å². The fourth-order valence-electron chi connectivity index (χ4n) is 2.79. The van der Waals surface area contributed by atoms with Gasteiger partial charge in [-0.05, 0) is 29.6 Å². The van der Waals surface area contributed by atoms with Crippen LogP contribution in [0.15, 0.2) is 0 Å². The van der Waals surface area contributed by atoms with E-state index in [-0.39, 0.29) is 0 Å². The molecular weight excluding hydrogens is 144 g/mol. The van der Waals surface area contributed by atoms with Crippen LogP contribution in [0.1, 0.15) is 53.9 Å². The molecule has 1 fully saturated rings. The van der Waals surface area contributed by atoms with Crippen LogP contribution in [0.5, 0.6) is 0 Å². The van der Waals surface area contributed by atoms with Crippen molar-refractivity contribution in [1.29, 1.82) is 0 Å². The normalized spacial score (nSPS) is 42.8. The fourth-order valence-corrected chi connectivity index (χ4v) is 2.79. The van der Waals surface area contributed by atoms with Crippen molar-refractivity contribution >= 4 is 0 Å². The molecule has 0 aromatic rings. The molecule has 0 nitrogen and oxygen atoms in total. The van der Waals surface area contributed by atoms with E-state index in [4.69, 9.17) is 0 Å². The summed E-state index contributed by atoms with van der Waals surface area (Å²) in [5.41, 5.74) is 0.689. The first kappa shape index (κ1) is 10.1. The molecule has 1 saturated carbocycles. The molecule has 0 bridgehead atoms. The Morgan fingerprint density at radius 3 is 2.08 bits per heavy atom. The van der Waals surface area contributed by atoms with Crippen molar-refractivity contribution < 1.29 is 0 Å². The van der Waals surface area contributed by atoms with Crippen LogP contribution < -0.4 is 0 Å². The average molecular weight is 168 g/mol. The lowest BCUT2D eigenvalue weighted by atomic mass is 9.89. The van der Waals surface area contributed by atoms with Crippen LogP contribution >= 0.6 is 0 Å². The van der Waals surface area contributed by atoms with E-state index in [0.717, 1.165) is 17.8 Å². The predicted molar refractivity (Wildman–Crippen MR) is 55.1 cm³/mol.